The number of alkyl carbamates (subject to hydrolysis) is 1. The van der Waals surface area contributed by atoms with E-state index in [-0.39, 0.29) is 19.4 Å². The zero-order valence-electron chi connectivity index (χ0n) is 14.7. The second-order valence-electron chi connectivity index (χ2n) is 6.22. The smallest absolute Gasteiger partial charge is 0.408 e. The normalized spacial score (nSPS) is 17.2. The van der Waals surface area contributed by atoms with Gasteiger partial charge in [-0.05, 0) is 24.8 Å². The average molecular weight is 378 g/mol. The van der Waals surface area contributed by atoms with E-state index in [0.29, 0.717) is 19.4 Å². The molecule has 146 valence electrons. The van der Waals surface area contributed by atoms with Gasteiger partial charge in [-0.2, -0.15) is 0 Å². The van der Waals surface area contributed by atoms with E-state index < -0.39 is 36.0 Å². The average Bonchev–Trinajstić information content (AvgIpc) is 3.14. The molecule has 1 fully saturated rings. The number of benzene rings is 1. The second kappa shape index (κ2) is 9.56. The van der Waals surface area contributed by atoms with E-state index in [2.05, 4.69) is 5.32 Å². The molecule has 0 radical (unpaired) electrons. The monoisotopic (exact) mass is 378 g/mol. The van der Waals surface area contributed by atoms with Crippen LogP contribution in [0.3, 0.4) is 0 Å². The maximum Gasteiger partial charge on any atom is 0.408 e. The Bertz CT molecular complexity index is 692. The van der Waals surface area contributed by atoms with Crippen LogP contribution in [0.2, 0.25) is 0 Å². The van der Waals surface area contributed by atoms with Crippen molar-refractivity contribution in [3.63, 3.8) is 0 Å². The van der Waals surface area contributed by atoms with Crippen LogP contribution in [0.15, 0.2) is 30.3 Å². The van der Waals surface area contributed by atoms with E-state index in [1.807, 2.05) is 6.07 Å². The topological polar surface area (TPSA) is 133 Å². The molecule has 1 aliphatic rings. The third kappa shape index (κ3) is 5.98. The molecule has 0 aliphatic carbocycles. The first-order chi connectivity index (χ1) is 12.9. The lowest BCUT2D eigenvalue weighted by Crippen LogP contribution is -2.44. The lowest BCUT2D eigenvalue weighted by atomic mass is 10.1. The summed E-state index contributed by atoms with van der Waals surface area (Å²) in [6, 6.07) is 6.73. The number of carbonyl (C=O) groups excluding carboxylic acids is 2. The summed E-state index contributed by atoms with van der Waals surface area (Å²) in [7, 11) is 0. The summed E-state index contributed by atoms with van der Waals surface area (Å²) >= 11 is 0. The van der Waals surface area contributed by atoms with Crippen molar-refractivity contribution >= 4 is 23.9 Å². The van der Waals surface area contributed by atoms with Gasteiger partial charge in [0.2, 0.25) is 5.91 Å². The van der Waals surface area contributed by atoms with Crippen LogP contribution in [-0.4, -0.2) is 57.7 Å². The van der Waals surface area contributed by atoms with Crippen molar-refractivity contribution < 1.29 is 34.1 Å². The van der Waals surface area contributed by atoms with Crippen molar-refractivity contribution in [3.05, 3.63) is 35.9 Å². The highest BCUT2D eigenvalue weighted by Gasteiger charge is 2.34. The fraction of sp³-hybridized carbons (Fsp3) is 0.444. The van der Waals surface area contributed by atoms with Gasteiger partial charge in [-0.3, -0.25) is 4.79 Å². The molecule has 1 aromatic carbocycles. The molecule has 1 saturated heterocycles. The van der Waals surface area contributed by atoms with Gasteiger partial charge in [-0.25, -0.2) is 14.4 Å². The van der Waals surface area contributed by atoms with Gasteiger partial charge in [0.25, 0.3) is 0 Å². The summed E-state index contributed by atoms with van der Waals surface area (Å²) in [6.07, 6.45) is -0.261. The largest absolute Gasteiger partial charge is 0.480 e. The first-order valence-electron chi connectivity index (χ1n) is 8.60. The lowest BCUT2D eigenvalue weighted by molar-refractivity contribution is -0.148. The zero-order chi connectivity index (χ0) is 19.8. The van der Waals surface area contributed by atoms with E-state index in [1.54, 1.807) is 24.3 Å². The predicted octanol–water partition coefficient (Wildman–Crippen LogP) is 1.22. The molecule has 9 nitrogen and oxygen atoms in total. The number of ether oxygens (including phenoxy) is 1. The van der Waals surface area contributed by atoms with Gasteiger partial charge >= 0.3 is 18.0 Å². The number of hydrogen-bond donors (Lipinski definition) is 3. The molecular formula is C18H22N2O7. The van der Waals surface area contributed by atoms with Crippen molar-refractivity contribution in [2.24, 2.45) is 0 Å². The molecule has 1 aromatic rings. The minimum absolute atomic E-state index is 0.00792. The zero-order valence-corrected chi connectivity index (χ0v) is 14.7. The Kier molecular flexibility index (Phi) is 7.16. The highest BCUT2D eigenvalue weighted by Crippen LogP contribution is 2.19. The molecule has 0 aromatic heterocycles. The number of amides is 2. The fourth-order valence-electron chi connectivity index (χ4n) is 2.90. The molecule has 1 heterocycles. The Balaban J connectivity index is 1.82. The number of carbonyl (C=O) groups is 4. The fourth-order valence-corrected chi connectivity index (χ4v) is 2.90. The van der Waals surface area contributed by atoms with Crippen LogP contribution in [0.5, 0.6) is 0 Å². The van der Waals surface area contributed by atoms with E-state index in [0.717, 1.165) is 5.56 Å². The molecule has 0 saturated carbocycles. The molecule has 2 atom stereocenters. The van der Waals surface area contributed by atoms with Gasteiger partial charge in [0, 0.05) is 13.0 Å². The molecule has 27 heavy (non-hydrogen) atoms. The molecule has 1 unspecified atom stereocenters. The highest BCUT2D eigenvalue weighted by molar-refractivity contribution is 5.85. The Hall–Kier alpha value is -3.10. The first kappa shape index (κ1) is 20.2. The molecule has 2 amide bonds. The van der Waals surface area contributed by atoms with Crippen LogP contribution >= 0.6 is 0 Å². The van der Waals surface area contributed by atoms with E-state index in [9.17, 15) is 24.3 Å². The number of carboxylic acids is 2. The molecule has 2 rings (SSSR count). The Morgan fingerprint density at radius 2 is 1.89 bits per heavy atom. The maximum atomic E-state index is 12.2. The van der Waals surface area contributed by atoms with Gasteiger partial charge in [-0.1, -0.05) is 30.3 Å². The van der Waals surface area contributed by atoms with Crippen molar-refractivity contribution in [2.75, 3.05) is 6.54 Å². The maximum absolute atomic E-state index is 12.2. The summed E-state index contributed by atoms with van der Waals surface area (Å²) < 4.78 is 4.98. The quantitative estimate of drug-likeness (QED) is 0.619. The number of likely N-dealkylation sites (tertiary alicyclic amines) is 1. The van der Waals surface area contributed by atoms with Crippen molar-refractivity contribution in [2.45, 2.75) is 44.4 Å². The van der Waals surface area contributed by atoms with Crippen LogP contribution in [-0.2, 0) is 25.7 Å². The summed E-state index contributed by atoms with van der Waals surface area (Å²) in [5.74, 6) is -2.81. The molecule has 0 spiro atoms. The highest BCUT2D eigenvalue weighted by atomic mass is 16.5. The van der Waals surface area contributed by atoms with Crippen LogP contribution in [0.1, 0.15) is 31.2 Å². The lowest BCUT2D eigenvalue weighted by Gasteiger charge is -2.22. The Labute approximate surface area is 155 Å². The minimum Gasteiger partial charge on any atom is -0.480 e. The number of aliphatic carboxylic acids is 2. The third-order valence-electron chi connectivity index (χ3n) is 4.31. The number of carboxylic acid groups (broad SMARTS) is 2. The SMILES string of the molecule is O=C(NC(CCC(=O)N1CCC[C@H]1C(=O)O)C(=O)O)OCc1ccccc1. The predicted molar refractivity (Wildman–Crippen MR) is 92.8 cm³/mol. The number of rotatable bonds is 8. The number of hydrogen-bond acceptors (Lipinski definition) is 5. The van der Waals surface area contributed by atoms with Crippen molar-refractivity contribution in [1.29, 1.82) is 0 Å². The van der Waals surface area contributed by atoms with Gasteiger partial charge in [0.05, 0.1) is 0 Å². The van der Waals surface area contributed by atoms with Crippen LogP contribution in [0.4, 0.5) is 4.79 Å². The second-order valence-corrected chi connectivity index (χ2v) is 6.22. The van der Waals surface area contributed by atoms with Crippen LogP contribution < -0.4 is 5.32 Å². The molecule has 9 heteroatoms. The molecule has 0 bridgehead atoms. The van der Waals surface area contributed by atoms with Gasteiger partial charge in [0.15, 0.2) is 0 Å². The number of nitrogens with zero attached hydrogens (tertiary/aromatic N) is 1. The third-order valence-corrected chi connectivity index (χ3v) is 4.31. The van der Waals surface area contributed by atoms with E-state index >= 15 is 0 Å². The molecular weight excluding hydrogens is 356 g/mol. The van der Waals surface area contributed by atoms with E-state index in [4.69, 9.17) is 9.84 Å². The summed E-state index contributed by atoms with van der Waals surface area (Å²) in [5, 5.41) is 20.6. The Morgan fingerprint density at radius 1 is 1.19 bits per heavy atom. The van der Waals surface area contributed by atoms with Gasteiger partial charge in [-0.15, -0.1) is 0 Å². The van der Waals surface area contributed by atoms with E-state index in [1.165, 1.54) is 4.90 Å². The molecule has 1 aliphatic heterocycles. The van der Waals surface area contributed by atoms with Crippen molar-refractivity contribution in [1.82, 2.24) is 10.2 Å². The van der Waals surface area contributed by atoms with Crippen LogP contribution in [0.25, 0.3) is 0 Å². The Morgan fingerprint density at radius 3 is 2.52 bits per heavy atom. The first-order valence-corrected chi connectivity index (χ1v) is 8.60. The van der Waals surface area contributed by atoms with Crippen LogP contribution in [0, 0.1) is 0 Å². The molecule has 3 N–H and O–H groups in total. The summed E-state index contributed by atoms with van der Waals surface area (Å²) in [5.41, 5.74) is 0.753. The van der Waals surface area contributed by atoms with Gasteiger partial charge in [0.1, 0.15) is 18.7 Å². The summed E-state index contributed by atoms with van der Waals surface area (Å²) in [6.45, 7) is 0.325. The van der Waals surface area contributed by atoms with Crippen molar-refractivity contribution in [3.8, 4) is 0 Å². The summed E-state index contributed by atoms with van der Waals surface area (Å²) in [4.78, 5) is 47.7. The standard InChI is InChI=1S/C18H22N2O7/c21-15(20-10-4-7-14(20)17(24)25)9-8-13(16(22)23)19-18(26)27-11-12-5-2-1-3-6-12/h1-3,5-6,13-14H,4,7-11H2,(H,19,26)(H,22,23)(H,24,25)/t13?,14-/m0/s1. The minimum atomic E-state index is -1.30. The number of nitrogens with one attached hydrogen (secondary N) is 1. The van der Waals surface area contributed by atoms with Gasteiger partial charge < -0.3 is 25.2 Å².